The lowest BCUT2D eigenvalue weighted by atomic mass is 9.81. The highest BCUT2D eigenvalue weighted by atomic mass is 19.4. The maximum atomic E-state index is 13.4. The first-order chi connectivity index (χ1) is 9.39. The minimum atomic E-state index is -4.82. The van der Waals surface area contributed by atoms with Gasteiger partial charge in [0.05, 0.1) is 11.9 Å². The molecule has 0 spiro atoms. The van der Waals surface area contributed by atoms with Gasteiger partial charge in [0, 0.05) is 11.5 Å². The Morgan fingerprint density at radius 1 is 1.45 bits per heavy atom. The van der Waals surface area contributed by atoms with E-state index in [9.17, 15) is 18.3 Å². The number of alkyl halides is 3. The Morgan fingerprint density at radius 2 is 2.20 bits per heavy atom. The smallest absolute Gasteiger partial charge is 0.410 e. The van der Waals surface area contributed by atoms with Crippen LogP contribution < -0.4 is 10.7 Å². The highest BCUT2D eigenvalue weighted by Gasteiger charge is 2.65. The summed E-state index contributed by atoms with van der Waals surface area (Å²) in [4.78, 5) is 8.38. The Balaban J connectivity index is 2.28. The Morgan fingerprint density at radius 3 is 2.85 bits per heavy atom. The van der Waals surface area contributed by atoms with Crippen LogP contribution in [0.25, 0.3) is 5.57 Å². The Bertz CT molecular complexity index is 625. The molecule has 0 saturated heterocycles. The number of halogens is 3. The highest BCUT2D eigenvalue weighted by molar-refractivity contribution is 5.77. The van der Waals surface area contributed by atoms with Crippen molar-refractivity contribution in [2.24, 2.45) is 11.8 Å². The Hall–Kier alpha value is -1.86. The van der Waals surface area contributed by atoms with Crippen LogP contribution in [0.15, 0.2) is 30.5 Å². The van der Waals surface area contributed by atoms with Gasteiger partial charge in [0.25, 0.3) is 0 Å². The van der Waals surface area contributed by atoms with Crippen molar-refractivity contribution in [1.82, 2.24) is 4.98 Å². The van der Waals surface area contributed by atoms with Gasteiger partial charge in [-0.15, -0.1) is 0 Å². The number of aromatic nitrogens is 1. The normalized spacial score (nSPS) is 27.9. The molecule has 0 aromatic carbocycles. The number of nitrogens with two attached hydrogens (primary N) is 1. The molecular formula is C13H11F3N2O2. The van der Waals surface area contributed by atoms with Crippen LogP contribution in [0.2, 0.25) is 0 Å². The lowest BCUT2D eigenvalue weighted by Gasteiger charge is -2.33. The fraction of sp³-hybridized carbons (Fsp3) is 0.308. The summed E-state index contributed by atoms with van der Waals surface area (Å²) in [5.74, 6) is 3.83. The molecule has 0 fully saturated rings. The van der Waals surface area contributed by atoms with Crippen LogP contribution >= 0.6 is 0 Å². The monoisotopic (exact) mass is 284 g/mol. The van der Waals surface area contributed by atoms with E-state index in [-0.39, 0.29) is 23.4 Å². The zero-order chi connectivity index (χ0) is 14.5. The summed E-state index contributed by atoms with van der Waals surface area (Å²) in [5.41, 5.74) is -2.76. The molecule has 2 aliphatic carbocycles. The van der Waals surface area contributed by atoms with Gasteiger partial charge in [-0.25, -0.2) is 0 Å². The first-order valence-corrected chi connectivity index (χ1v) is 5.93. The van der Waals surface area contributed by atoms with Crippen LogP contribution in [0.4, 0.5) is 13.2 Å². The maximum absolute atomic E-state index is 13.4. The van der Waals surface area contributed by atoms with Crippen molar-refractivity contribution in [1.29, 1.82) is 0 Å². The van der Waals surface area contributed by atoms with Crippen LogP contribution in [-0.4, -0.2) is 16.3 Å². The van der Waals surface area contributed by atoms with Crippen molar-refractivity contribution in [3.8, 4) is 5.75 Å². The van der Waals surface area contributed by atoms with Crippen LogP contribution in [0.1, 0.15) is 17.7 Å². The van der Waals surface area contributed by atoms with E-state index >= 15 is 0 Å². The molecule has 3 rings (SSSR count). The molecule has 3 N–H and O–H groups in total. The molecule has 2 atom stereocenters. The minimum Gasteiger partial charge on any atom is -0.410 e. The van der Waals surface area contributed by atoms with E-state index in [1.165, 1.54) is 6.20 Å². The average molecular weight is 284 g/mol. The molecule has 0 saturated carbocycles. The van der Waals surface area contributed by atoms with Crippen molar-refractivity contribution in [3.63, 3.8) is 0 Å². The van der Waals surface area contributed by atoms with E-state index in [0.717, 1.165) is 6.07 Å². The fourth-order valence-electron chi connectivity index (χ4n) is 2.84. The van der Waals surface area contributed by atoms with E-state index < -0.39 is 17.7 Å². The predicted octanol–water partition coefficient (Wildman–Crippen LogP) is 2.06. The lowest BCUT2D eigenvalue weighted by molar-refractivity contribution is -0.277. The molecule has 0 aliphatic heterocycles. The zero-order valence-electron chi connectivity index (χ0n) is 10.2. The van der Waals surface area contributed by atoms with Crippen molar-refractivity contribution < 1.29 is 23.1 Å². The second kappa shape index (κ2) is 4.07. The third-order valence-electron chi connectivity index (χ3n) is 3.78. The van der Waals surface area contributed by atoms with Gasteiger partial charge in [0.1, 0.15) is 0 Å². The third kappa shape index (κ3) is 1.53. The first kappa shape index (κ1) is 13.1. The molecule has 2 unspecified atom stereocenters. The molecule has 1 aromatic rings. The highest BCUT2D eigenvalue weighted by Crippen LogP contribution is 2.58. The van der Waals surface area contributed by atoms with E-state index in [0.29, 0.717) is 5.57 Å². The van der Waals surface area contributed by atoms with Gasteiger partial charge in [-0.3, -0.25) is 4.98 Å². The van der Waals surface area contributed by atoms with Gasteiger partial charge >= 0.3 is 6.18 Å². The van der Waals surface area contributed by atoms with Crippen molar-refractivity contribution in [2.45, 2.75) is 18.2 Å². The second-order valence-electron chi connectivity index (χ2n) is 4.79. The van der Waals surface area contributed by atoms with Gasteiger partial charge in [0.15, 0.2) is 11.4 Å². The maximum Gasteiger partial charge on any atom is 0.422 e. The SMILES string of the molecule is NOc1cnc2c(c1)C(O)(C(F)(F)F)C1CC=CC=C21. The molecule has 20 heavy (non-hydrogen) atoms. The Labute approximate surface area is 112 Å². The number of hydrogen-bond acceptors (Lipinski definition) is 4. The number of allylic oxidation sites excluding steroid dienone is 3. The molecule has 2 aliphatic rings. The predicted molar refractivity (Wildman–Crippen MR) is 64.2 cm³/mol. The minimum absolute atomic E-state index is 0.0290. The third-order valence-corrected chi connectivity index (χ3v) is 3.78. The quantitative estimate of drug-likeness (QED) is 0.774. The second-order valence-corrected chi connectivity index (χ2v) is 4.79. The summed E-state index contributed by atoms with van der Waals surface area (Å²) in [6.45, 7) is 0. The van der Waals surface area contributed by atoms with Gasteiger partial charge in [-0.05, 0) is 18.1 Å². The van der Waals surface area contributed by atoms with Gasteiger partial charge in [-0.2, -0.15) is 19.1 Å². The molecule has 0 radical (unpaired) electrons. The lowest BCUT2D eigenvalue weighted by Crippen LogP contribution is -2.46. The summed E-state index contributed by atoms with van der Waals surface area (Å²) in [5, 5.41) is 10.4. The van der Waals surface area contributed by atoms with Gasteiger partial charge < -0.3 is 9.94 Å². The molecule has 4 nitrogen and oxygen atoms in total. The van der Waals surface area contributed by atoms with Crippen LogP contribution in [0, 0.1) is 5.92 Å². The summed E-state index contributed by atoms with van der Waals surface area (Å²) >= 11 is 0. The van der Waals surface area contributed by atoms with E-state index in [4.69, 9.17) is 5.90 Å². The first-order valence-electron chi connectivity index (χ1n) is 5.93. The summed E-state index contributed by atoms with van der Waals surface area (Å²) in [7, 11) is 0. The molecule has 106 valence electrons. The number of pyridine rings is 1. The molecule has 1 heterocycles. The molecule has 0 amide bonds. The topological polar surface area (TPSA) is 68.4 Å². The number of aliphatic hydroxyl groups is 1. The molecule has 0 bridgehead atoms. The molecular weight excluding hydrogens is 273 g/mol. The fourth-order valence-corrected chi connectivity index (χ4v) is 2.84. The average Bonchev–Trinajstić information content (AvgIpc) is 2.70. The summed E-state index contributed by atoms with van der Waals surface area (Å²) < 4.78 is 40.3. The van der Waals surface area contributed by atoms with E-state index in [2.05, 4.69) is 9.82 Å². The van der Waals surface area contributed by atoms with Crippen LogP contribution in [0.3, 0.4) is 0 Å². The van der Waals surface area contributed by atoms with Crippen molar-refractivity contribution in [2.75, 3.05) is 0 Å². The van der Waals surface area contributed by atoms with Gasteiger partial charge in [0.2, 0.25) is 0 Å². The standard InChI is InChI=1S/C13H11F3N2O2/c14-13(15,16)12(19)9-4-2-1-3-8(9)11-10(12)5-7(20-17)6-18-11/h1-3,5-6,9,19H,4,17H2. The summed E-state index contributed by atoms with van der Waals surface area (Å²) in [6, 6.07) is 1.09. The van der Waals surface area contributed by atoms with E-state index in [1.807, 2.05) is 0 Å². The van der Waals surface area contributed by atoms with Crippen molar-refractivity contribution in [3.05, 3.63) is 41.7 Å². The molecule has 1 aromatic heterocycles. The molecule has 7 heteroatoms. The van der Waals surface area contributed by atoms with Gasteiger partial charge in [-0.1, -0.05) is 18.2 Å². The van der Waals surface area contributed by atoms with Crippen molar-refractivity contribution >= 4 is 5.57 Å². The Kier molecular flexibility index (Phi) is 2.67. The number of rotatable bonds is 1. The number of hydrogen-bond donors (Lipinski definition) is 2. The number of fused-ring (bicyclic) bond motifs is 3. The van der Waals surface area contributed by atoms with Crippen LogP contribution in [0.5, 0.6) is 5.75 Å². The zero-order valence-corrected chi connectivity index (χ0v) is 10.2. The number of nitrogens with zero attached hydrogens (tertiary/aromatic N) is 1. The van der Waals surface area contributed by atoms with Crippen LogP contribution in [-0.2, 0) is 5.60 Å². The largest absolute Gasteiger partial charge is 0.422 e. The summed E-state index contributed by atoms with van der Waals surface area (Å²) in [6.07, 6.45) is 1.31. The van der Waals surface area contributed by atoms with E-state index in [1.54, 1.807) is 18.2 Å².